The van der Waals surface area contributed by atoms with Crippen LogP contribution in [-0.4, -0.2) is 11.1 Å². The van der Waals surface area contributed by atoms with Crippen molar-refractivity contribution < 1.29 is 4.11 Å². The fourth-order valence-corrected chi connectivity index (χ4v) is 3.29. The second kappa shape index (κ2) is 5.79. The average Bonchev–Trinajstić information content (AvgIpc) is 2.44. The van der Waals surface area contributed by atoms with Gasteiger partial charge in [-0.15, -0.1) is 0 Å². The van der Waals surface area contributed by atoms with Crippen molar-refractivity contribution in [1.82, 2.24) is 0 Å². The van der Waals surface area contributed by atoms with Crippen molar-refractivity contribution in [2.45, 2.75) is 59.5 Å². The van der Waals surface area contributed by atoms with Crippen LogP contribution in [0.1, 0.15) is 51.2 Å². The molecule has 1 heteroatoms. The highest BCUT2D eigenvalue weighted by Crippen LogP contribution is 2.38. The number of para-hydroxylation sites is 1. The molecule has 0 bridgehead atoms. The zero-order chi connectivity index (χ0) is 19.0. The summed E-state index contributed by atoms with van der Waals surface area (Å²) in [6.07, 6.45) is 0. The molecule has 1 nitrogen and oxygen atoms in total. The number of aryl methyl sites for hydroxylation is 1. The van der Waals surface area contributed by atoms with Crippen molar-refractivity contribution in [1.29, 1.82) is 0 Å². The number of benzene rings is 2. The Morgan fingerprint density at radius 1 is 0.773 bits per heavy atom. The van der Waals surface area contributed by atoms with E-state index in [-0.39, 0.29) is 11.1 Å². The van der Waals surface area contributed by atoms with Gasteiger partial charge in [-0.05, 0) is 60.0 Å². The smallest absolute Gasteiger partial charge is 0.0454 e. The van der Waals surface area contributed by atoms with Crippen LogP contribution >= 0.6 is 0 Å². The van der Waals surface area contributed by atoms with Crippen LogP contribution in [0, 0.1) is 6.85 Å². The van der Waals surface area contributed by atoms with E-state index in [1.807, 2.05) is 18.2 Å². The number of rotatable bonds is 2. The molecule has 118 valence electrons. The molecule has 0 saturated carbocycles. The van der Waals surface area contributed by atoms with Crippen molar-refractivity contribution in [3.8, 4) is 11.1 Å². The van der Waals surface area contributed by atoms with Crippen molar-refractivity contribution in [3.63, 3.8) is 0 Å². The van der Waals surface area contributed by atoms with Crippen LogP contribution in [0.3, 0.4) is 0 Å². The third-order valence-electron chi connectivity index (χ3n) is 3.68. The summed E-state index contributed by atoms with van der Waals surface area (Å²) in [5.41, 5.74) is 3.58. The molecule has 0 amide bonds. The molecule has 0 fully saturated rings. The summed E-state index contributed by atoms with van der Waals surface area (Å²) in [5.74, 6) is 0. The molecule has 0 aliphatic carbocycles. The molecule has 0 saturated heterocycles. The molecular weight excluding hydrogens is 266 g/mol. The van der Waals surface area contributed by atoms with Crippen LogP contribution in [0.2, 0.25) is 0 Å². The Morgan fingerprint density at radius 3 is 1.82 bits per heavy atom. The third kappa shape index (κ3) is 3.52. The van der Waals surface area contributed by atoms with E-state index in [1.54, 1.807) is 12.1 Å². The summed E-state index contributed by atoms with van der Waals surface area (Å²) in [4.78, 5) is 2.42. The van der Waals surface area contributed by atoms with Gasteiger partial charge in [-0.2, -0.15) is 0 Å². The maximum Gasteiger partial charge on any atom is 0.0454 e. The molecule has 0 radical (unpaired) electrons. The highest BCUT2D eigenvalue weighted by molar-refractivity contribution is 5.79. The van der Waals surface area contributed by atoms with Crippen molar-refractivity contribution in [2.24, 2.45) is 0 Å². The minimum Gasteiger partial charge on any atom is -0.361 e. The normalized spacial score (nSPS) is 14.9. The second-order valence-corrected chi connectivity index (χ2v) is 7.77. The predicted octanol–water partition coefficient (Wildman–Crippen LogP) is 6.07. The highest BCUT2D eigenvalue weighted by Gasteiger charge is 2.32. The van der Waals surface area contributed by atoms with Crippen LogP contribution in [0.15, 0.2) is 48.5 Å². The summed E-state index contributed by atoms with van der Waals surface area (Å²) < 4.78 is 22.6. The molecule has 0 atom stereocenters. The van der Waals surface area contributed by atoms with Gasteiger partial charge in [-0.25, -0.2) is 0 Å². The standard InChI is InChI=1S/C21H29N/c1-16-12-14-17(15-13-16)18-10-8-9-11-19(18)22(20(2,3)4)21(5,6)7/h8-15H,1-7H3/i1D3. The maximum atomic E-state index is 7.55. The van der Waals surface area contributed by atoms with Gasteiger partial charge in [-0.1, -0.05) is 48.0 Å². The first-order chi connectivity index (χ1) is 11.3. The predicted molar refractivity (Wildman–Crippen MR) is 98.6 cm³/mol. The van der Waals surface area contributed by atoms with E-state index in [2.05, 4.69) is 64.6 Å². The Balaban J connectivity index is 2.58. The van der Waals surface area contributed by atoms with Crippen LogP contribution in [-0.2, 0) is 0 Å². The zero-order valence-corrected chi connectivity index (χ0v) is 14.6. The molecule has 22 heavy (non-hydrogen) atoms. The Labute approximate surface area is 140 Å². The van der Waals surface area contributed by atoms with Gasteiger partial charge in [0, 0.05) is 26.4 Å². The molecule has 0 unspecified atom stereocenters. The molecule has 0 N–H and O–H groups in total. The summed E-state index contributed by atoms with van der Waals surface area (Å²) in [6.45, 7) is 11.2. The fraction of sp³-hybridized carbons (Fsp3) is 0.429. The van der Waals surface area contributed by atoms with Gasteiger partial charge in [0.05, 0.1) is 0 Å². The summed E-state index contributed by atoms with van der Waals surface area (Å²) >= 11 is 0. The lowest BCUT2D eigenvalue weighted by atomic mass is 9.92. The largest absolute Gasteiger partial charge is 0.361 e. The van der Waals surface area contributed by atoms with E-state index in [0.29, 0.717) is 5.56 Å². The lowest BCUT2D eigenvalue weighted by molar-refractivity contribution is 0.381. The Kier molecular flexibility index (Phi) is 3.36. The van der Waals surface area contributed by atoms with Gasteiger partial charge in [-0.3, -0.25) is 0 Å². The number of hydrogen-bond donors (Lipinski definition) is 0. The molecule has 0 spiro atoms. The Hall–Kier alpha value is -1.76. The van der Waals surface area contributed by atoms with Gasteiger partial charge in [0.25, 0.3) is 0 Å². The molecule has 0 aromatic heterocycles. The zero-order valence-electron chi connectivity index (χ0n) is 17.6. The molecule has 0 heterocycles. The van der Waals surface area contributed by atoms with Gasteiger partial charge < -0.3 is 4.90 Å². The summed E-state index contributed by atoms with van der Waals surface area (Å²) in [7, 11) is 0. The first-order valence-corrected chi connectivity index (χ1v) is 7.82. The maximum absolute atomic E-state index is 7.55. The number of anilines is 1. The molecule has 0 aliphatic rings. The number of hydrogen-bond acceptors (Lipinski definition) is 1. The lowest BCUT2D eigenvalue weighted by Crippen LogP contribution is -2.53. The first-order valence-electron chi connectivity index (χ1n) is 9.32. The fourth-order valence-electron chi connectivity index (χ4n) is 3.29. The summed E-state index contributed by atoms with van der Waals surface area (Å²) in [5, 5.41) is 0. The van der Waals surface area contributed by atoms with Gasteiger partial charge >= 0.3 is 0 Å². The molecule has 2 rings (SSSR count). The minimum atomic E-state index is -2.07. The minimum absolute atomic E-state index is 0.0486. The topological polar surface area (TPSA) is 3.24 Å². The molecule has 2 aromatic rings. The van der Waals surface area contributed by atoms with Crippen molar-refractivity contribution >= 4 is 5.69 Å². The SMILES string of the molecule is [2H]C([2H])([2H])c1ccc(-c2ccccc2N(C(C)(C)C)C(C)(C)C)cc1. The van der Waals surface area contributed by atoms with E-state index < -0.39 is 6.85 Å². The monoisotopic (exact) mass is 298 g/mol. The molecular formula is C21H29N. The second-order valence-electron chi connectivity index (χ2n) is 7.77. The highest BCUT2D eigenvalue weighted by atomic mass is 15.2. The Morgan fingerprint density at radius 2 is 1.32 bits per heavy atom. The summed E-state index contributed by atoms with van der Waals surface area (Å²) in [6, 6.07) is 15.6. The van der Waals surface area contributed by atoms with Crippen LogP contribution < -0.4 is 4.90 Å². The Bertz CT molecular complexity index is 703. The van der Waals surface area contributed by atoms with E-state index in [9.17, 15) is 0 Å². The molecule has 0 aliphatic heterocycles. The first kappa shape index (κ1) is 12.8. The van der Waals surface area contributed by atoms with Crippen molar-refractivity contribution in [3.05, 3.63) is 54.1 Å². The lowest BCUT2D eigenvalue weighted by Gasteiger charge is -2.48. The molecule has 2 aromatic carbocycles. The average molecular weight is 298 g/mol. The van der Waals surface area contributed by atoms with Gasteiger partial charge in [0.1, 0.15) is 0 Å². The van der Waals surface area contributed by atoms with Gasteiger partial charge in [0.2, 0.25) is 0 Å². The van der Waals surface area contributed by atoms with E-state index >= 15 is 0 Å². The van der Waals surface area contributed by atoms with E-state index in [4.69, 9.17) is 4.11 Å². The third-order valence-corrected chi connectivity index (χ3v) is 3.68. The van der Waals surface area contributed by atoms with E-state index in [1.165, 1.54) is 0 Å². The van der Waals surface area contributed by atoms with Crippen LogP contribution in [0.4, 0.5) is 5.69 Å². The van der Waals surface area contributed by atoms with Crippen LogP contribution in [0.25, 0.3) is 11.1 Å². The quantitative estimate of drug-likeness (QED) is 0.651. The van der Waals surface area contributed by atoms with Gasteiger partial charge in [0.15, 0.2) is 0 Å². The van der Waals surface area contributed by atoms with Crippen molar-refractivity contribution in [2.75, 3.05) is 4.90 Å². The van der Waals surface area contributed by atoms with E-state index in [0.717, 1.165) is 16.8 Å². The number of nitrogens with zero attached hydrogens (tertiary/aromatic N) is 1. The van der Waals surface area contributed by atoms with Crippen LogP contribution in [0.5, 0.6) is 0 Å².